The highest BCUT2D eigenvalue weighted by atomic mass is 79.9. The summed E-state index contributed by atoms with van der Waals surface area (Å²) in [5.74, 6) is -0.416. The Labute approximate surface area is 150 Å². The lowest BCUT2D eigenvalue weighted by atomic mass is 10.1. The molecule has 0 fully saturated rings. The van der Waals surface area contributed by atoms with Crippen molar-refractivity contribution in [1.82, 2.24) is 4.72 Å². The molecule has 7 heteroatoms. The second kappa shape index (κ2) is 7.46. The molecule has 0 aliphatic heterocycles. The minimum Gasteiger partial charge on any atom is -0.325 e. The summed E-state index contributed by atoms with van der Waals surface area (Å²) in [5.41, 5.74) is 2.69. The van der Waals surface area contributed by atoms with Crippen LogP contribution in [0.3, 0.4) is 0 Å². The van der Waals surface area contributed by atoms with Gasteiger partial charge in [0.15, 0.2) is 0 Å². The highest BCUT2D eigenvalue weighted by Crippen LogP contribution is 2.16. The average molecular weight is 411 g/mol. The summed E-state index contributed by atoms with van der Waals surface area (Å²) in [7, 11) is -3.76. The lowest BCUT2D eigenvalue weighted by Gasteiger charge is -2.15. The number of halogens is 1. The molecule has 5 nitrogen and oxygen atoms in total. The maximum absolute atomic E-state index is 12.3. The molecule has 2 N–H and O–H groups in total. The van der Waals surface area contributed by atoms with E-state index in [1.165, 1.54) is 19.1 Å². The van der Waals surface area contributed by atoms with Crippen LogP contribution in [0.1, 0.15) is 18.1 Å². The Morgan fingerprint density at radius 3 is 2.12 bits per heavy atom. The molecule has 2 aromatic rings. The van der Waals surface area contributed by atoms with Gasteiger partial charge in [0.05, 0.1) is 10.9 Å². The average Bonchev–Trinajstić information content (AvgIpc) is 2.46. The fourth-order valence-electron chi connectivity index (χ4n) is 2.27. The predicted molar refractivity (Wildman–Crippen MR) is 98.5 cm³/mol. The minimum absolute atomic E-state index is 0.108. The van der Waals surface area contributed by atoms with Crippen LogP contribution in [0.25, 0.3) is 0 Å². The number of sulfonamides is 1. The highest BCUT2D eigenvalue weighted by Gasteiger charge is 2.22. The van der Waals surface area contributed by atoms with Crippen molar-refractivity contribution in [3.63, 3.8) is 0 Å². The Morgan fingerprint density at radius 2 is 1.58 bits per heavy atom. The third-order valence-corrected chi connectivity index (χ3v) is 5.42. The first-order chi connectivity index (χ1) is 11.2. The van der Waals surface area contributed by atoms with Gasteiger partial charge in [0.1, 0.15) is 0 Å². The van der Waals surface area contributed by atoms with Crippen molar-refractivity contribution in [2.75, 3.05) is 5.32 Å². The summed E-state index contributed by atoms with van der Waals surface area (Å²) in [6.45, 7) is 5.37. The van der Waals surface area contributed by atoms with Crippen molar-refractivity contribution < 1.29 is 13.2 Å². The number of aryl methyl sites for hydroxylation is 2. The van der Waals surface area contributed by atoms with Crippen LogP contribution in [-0.4, -0.2) is 20.4 Å². The molecule has 1 amide bonds. The fraction of sp³-hybridized carbons (Fsp3) is 0.235. The molecule has 0 saturated carbocycles. The normalized spacial score (nSPS) is 12.7. The number of hydrogen-bond acceptors (Lipinski definition) is 3. The van der Waals surface area contributed by atoms with Crippen LogP contribution >= 0.6 is 15.9 Å². The molecule has 2 rings (SSSR count). The zero-order chi connectivity index (χ0) is 17.9. The number of amides is 1. The van der Waals surface area contributed by atoms with Gasteiger partial charge in [-0.15, -0.1) is 0 Å². The lowest BCUT2D eigenvalue weighted by molar-refractivity contribution is -0.117. The monoisotopic (exact) mass is 410 g/mol. The molecule has 128 valence electrons. The molecule has 0 aromatic heterocycles. The molecule has 0 aliphatic rings. The van der Waals surface area contributed by atoms with Gasteiger partial charge in [-0.1, -0.05) is 22.0 Å². The maximum atomic E-state index is 12.3. The first-order valence-corrected chi connectivity index (χ1v) is 9.62. The van der Waals surface area contributed by atoms with E-state index in [0.29, 0.717) is 5.69 Å². The number of carbonyl (C=O) groups is 1. The van der Waals surface area contributed by atoms with E-state index in [4.69, 9.17) is 0 Å². The quantitative estimate of drug-likeness (QED) is 0.792. The molecular formula is C17H19BrN2O3S. The van der Waals surface area contributed by atoms with E-state index in [9.17, 15) is 13.2 Å². The fourth-order valence-corrected chi connectivity index (χ4v) is 3.73. The summed E-state index contributed by atoms with van der Waals surface area (Å²) in [6.07, 6.45) is 0. The molecule has 0 bridgehead atoms. The van der Waals surface area contributed by atoms with Crippen LogP contribution in [-0.2, 0) is 14.8 Å². The largest absolute Gasteiger partial charge is 0.325 e. The van der Waals surface area contributed by atoms with E-state index in [2.05, 4.69) is 26.0 Å². The molecule has 0 radical (unpaired) electrons. The van der Waals surface area contributed by atoms with Crippen LogP contribution in [0.4, 0.5) is 5.69 Å². The lowest BCUT2D eigenvalue weighted by Crippen LogP contribution is -2.41. The predicted octanol–water partition coefficient (Wildman–Crippen LogP) is 3.37. The first-order valence-electron chi connectivity index (χ1n) is 7.34. The molecule has 2 aromatic carbocycles. The summed E-state index contributed by atoms with van der Waals surface area (Å²) in [6, 6.07) is 11.0. The molecular weight excluding hydrogens is 392 g/mol. The van der Waals surface area contributed by atoms with Crippen molar-refractivity contribution in [2.45, 2.75) is 31.7 Å². The number of rotatable bonds is 5. The number of carbonyl (C=O) groups excluding carboxylic acids is 1. The van der Waals surface area contributed by atoms with E-state index in [1.807, 2.05) is 32.0 Å². The van der Waals surface area contributed by atoms with Crippen molar-refractivity contribution in [2.24, 2.45) is 0 Å². The Morgan fingerprint density at radius 1 is 1.04 bits per heavy atom. The van der Waals surface area contributed by atoms with Gasteiger partial charge in [-0.05, 0) is 68.3 Å². The van der Waals surface area contributed by atoms with Gasteiger partial charge in [0, 0.05) is 10.2 Å². The maximum Gasteiger partial charge on any atom is 0.242 e. The molecule has 0 spiro atoms. The van der Waals surface area contributed by atoms with Gasteiger partial charge >= 0.3 is 0 Å². The van der Waals surface area contributed by atoms with E-state index in [1.54, 1.807) is 12.1 Å². The Hall–Kier alpha value is -1.70. The van der Waals surface area contributed by atoms with E-state index >= 15 is 0 Å². The molecule has 24 heavy (non-hydrogen) atoms. The molecule has 0 saturated heterocycles. The molecule has 0 heterocycles. The number of hydrogen-bond donors (Lipinski definition) is 2. The van der Waals surface area contributed by atoms with E-state index < -0.39 is 22.0 Å². The smallest absolute Gasteiger partial charge is 0.242 e. The van der Waals surface area contributed by atoms with Crippen molar-refractivity contribution >= 4 is 37.5 Å². The van der Waals surface area contributed by atoms with Gasteiger partial charge < -0.3 is 5.32 Å². The first kappa shape index (κ1) is 18.6. The standard InChI is InChI=1S/C17H19BrN2O3S/c1-11-8-12(2)10-15(9-11)19-17(21)13(3)20-24(22,23)16-6-4-14(18)5-7-16/h4-10,13,20H,1-3H3,(H,19,21). The highest BCUT2D eigenvalue weighted by molar-refractivity contribution is 9.10. The molecule has 1 unspecified atom stereocenters. The molecule has 0 aliphatic carbocycles. The topological polar surface area (TPSA) is 75.3 Å². The summed E-state index contributed by atoms with van der Waals surface area (Å²) in [5, 5.41) is 2.73. The van der Waals surface area contributed by atoms with Crippen molar-refractivity contribution in [3.05, 3.63) is 58.1 Å². The minimum atomic E-state index is -3.76. The third kappa shape index (κ3) is 4.90. The van der Waals surface area contributed by atoms with Crippen LogP contribution in [0.5, 0.6) is 0 Å². The third-order valence-electron chi connectivity index (χ3n) is 3.34. The van der Waals surface area contributed by atoms with Crippen LogP contribution in [0.2, 0.25) is 0 Å². The number of anilines is 1. The Bertz CT molecular complexity index is 828. The van der Waals surface area contributed by atoms with Crippen molar-refractivity contribution in [3.8, 4) is 0 Å². The molecule has 1 atom stereocenters. The zero-order valence-electron chi connectivity index (χ0n) is 13.6. The van der Waals surface area contributed by atoms with Crippen molar-refractivity contribution in [1.29, 1.82) is 0 Å². The van der Waals surface area contributed by atoms with Gasteiger partial charge in [-0.2, -0.15) is 4.72 Å². The van der Waals surface area contributed by atoms with E-state index in [-0.39, 0.29) is 4.90 Å². The Kier molecular flexibility index (Phi) is 5.79. The summed E-state index contributed by atoms with van der Waals surface area (Å²) in [4.78, 5) is 12.4. The number of nitrogens with one attached hydrogen (secondary N) is 2. The van der Waals surface area contributed by atoms with Gasteiger partial charge in [0.2, 0.25) is 15.9 Å². The zero-order valence-corrected chi connectivity index (χ0v) is 16.0. The van der Waals surface area contributed by atoms with Gasteiger partial charge in [-0.3, -0.25) is 4.79 Å². The van der Waals surface area contributed by atoms with Crippen LogP contribution < -0.4 is 10.0 Å². The second-order valence-electron chi connectivity index (χ2n) is 5.66. The summed E-state index contributed by atoms with van der Waals surface area (Å²) >= 11 is 3.26. The van der Waals surface area contributed by atoms with Crippen LogP contribution in [0, 0.1) is 13.8 Å². The second-order valence-corrected chi connectivity index (χ2v) is 8.29. The van der Waals surface area contributed by atoms with Crippen LogP contribution in [0.15, 0.2) is 51.8 Å². The van der Waals surface area contributed by atoms with Gasteiger partial charge in [0.25, 0.3) is 0 Å². The van der Waals surface area contributed by atoms with Gasteiger partial charge in [-0.25, -0.2) is 8.42 Å². The van der Waals surface area contributed by atoms with E-state index in [0.717, 1.165) is 15.6 Å². The summed E-state index contributed by atoms with van der Waals surface area (Å²) < 4.78 is 27.8. The SMILES string of the molecule is Cc1cc(C)cc(NC(=O)C(C)NS(=O)(=O)c2ccc(Br)cc2)c1. The number of benzene rings is 2. The Balaban J connectivity index is 2.09.